The summed E-state index contributed by atoms with van der Waals surface area (Å²) in [5.41, 5.74) is 6.12. The maximum atomic E-state index is 12.9. The Balaban J connectivity index is 1.96. The van der Waals surface area contributed by atoms with Crippen LogP contribution in [0.4, 0.5) is 15.8 Å². The van der Waals surface area contributed by atoms with Crippen molar-refractivity contribution in [2.24, 2.45) is 0 Å². The van der Waals surface area contributed by atoms with Crippen LogP contribution in [0.25, 0.3) is 0 Å². The van der Waals surface area contributed by atoms with Gasteiger partial charge in [0, 0.05) is 4.47 Å². The molecule has 0 heterocycles. The van der Waals surface area contributed by atoms with Gasteiger partial charge in [-0.3, -0.25) is 4.79 Å². The maximum absolute atomic E-state index is 12.9. The van der Waals surface area contributed by atoms with Crippen LogP contribution >= 0.6 is 31.9 Å². The van der Waals surface area contributed by atoms with Crippen LogP contribution in [0.2, 0.25) is 0 Å². The summed E-state index contributed by atoms with van der Waals surface area (Å²) in [6.45, 7) is -0.183. The van der Waals surface area contributed by atoms with Crippen molar-refractivity contribution in [3.8, 4) is 5.75 Å². The number of halogens is 3. The molecule has 2 aromatic rings. The number of rotatable bonds is 4. The summed E-state index contributed by atoms with van der Waals surface area (Å²) in [5, 5.41) is 2.56. The van der Waals surface area contributed by atoms with Crippen molar-refractivity contribution in [2.75, 3.05) is 17.7 Å². The summed E-state index contributed by atoms with van der Waals surface area (Å²) in [6, 6.07) is 9.10. The molecule has 4 nitrogen and oxygen atoms in total. The molecule has 2 rings (SSSR count). The zero-order chi connectivity index (χ0) is 15.4. The molecule has 3 N–H and O–H groups in total. The number of ether oxygens (including phenoxy) is 1. The van der Waals surface area contributed by atoms with Gasteiger partial charge in [-0.2, -0.15) is 0 Å². The molecule has 0 aromatic heterocycles. The molecule has 0 fully saturated rings. The molecule has 7 heteroatoms. The average molecular weight is 418 g/mol. The summed E-state index contributed by atoms with van der Waals surface area (Å²) >= 11 is 6.66. The summed E-state index contributed by atoms with van der Waals surface area (Å²) in [4.78, 5) is 11.8. The van der Waals surface area contributed by atoms with Crippen molar-refractivity contribution in [1.82, 2.24) is 0 Å². The highest BCUT2D eigenvalue weighted by molar-refractivity contribution is 9.11. The third-order valence-electron chi connectivity index (χ3n) is 2.54. The molecule has 110 valence electrons. The van der Waals surface area contributed by atoms with Gasteiger partial charge in [-0.15, -0.1) is 0 Å². The Labute approximate surface area is 137 Å². The monoisotopic (exact) mass is 416 g/mol. The number of carbonyl (C=O) groups is 1. The van der Waals surface area contributed by atoms with E-state index in [9.17, 15) is 9.18 Å². The highest BCUT2D eigenvalue weighted by Gasteiger charge is 2.08. The van der Waals surface area contributed by atoms with Crippen molar-refractivity contribution in [3.05, 3.63) is 51.2 Å². The number of amides is 1. The van der Waals surface area contributed by atoms with E-state index < -0.39 is 5.82 Å². The van der Waals surface area contributed by atoms with Crippen molar-refractivity contribution >= 4 is 49.1 Å². The molecule has 0 aliphatic carbocycles. The van der Waals surface area contributed by atoms with E-state index in [0.29, 0.717) is 11.4 Å². The van der Waals surface area contributed by atoms with E-state index in [-0.39, 0.29) is 18.2 Å². The summed E-state index contributed by atoms with van der Waals surface area (Å²) in [7, 11) is 0. The van der Waals surface area contributed by atoms with Gasteiger partial charge in [0.2, 0.25) is 0 Å². The number of nitrogen functional groups attached to an aromatic ring is 1. The Bertz CT molecular complexity index is 680. The Morgan fingerprint density at radius 1 is 1.24 bits per heavy atom. The topological polar surface area (TPSA) is 64.3 Å². The second-order valence-corrected chi connectivity index (χ2v) is 5.91. The Morgan fingerprint density at radius 2 is 2.00 bits per heavy atom. The maximum Gasteiger partial charge on any atom is 0.262 e. The fraction of sp³-hybridized carbons (Fsp3) is 0.0714. The molecule has 0 bridgehead atoms. The molecule has 0 unspecified atom stereocenters. The molecule has 0 aliphatic heterocycles. The first-order valence-electron chi connectivity index (χ1n) is 5.88. The van der Waals surface area contributed by atoms with E-state index in [1.165, 1.54) is 12.1 Å². The van der Waals surface area contributed by atoms with E-state index in [4.69, 9.17) is 10.5 Å². The predicted molar refractivity (Wildman–Crippen MR) is 86.8 cm³/mol. The highest BCUT2D eigenvalue weighted by Crippen LogP contribution is 2.28. The number of carbonyl (C=O) groups excluding carboxylic acids is 1. The quantitative estimate of drug-likeness (QED) is 0.740. The van der Waals surface area contributed by atoms with E-state index in [1.807, 2.05) is 6.07 Å². The minimum atomic E-state index is -0.458. The molecule has 0 radical (unpaired) electrons. The number of nitrogens with one attached hydrogen (secondary N) is 1. The Morgan fingerprint density at radius 3 is 2.67 bits per heavy atom. The SMILES string of the molecule is Nc1cc(F)ccc1NC(=O)COc1ccc(Br)cc1Br. The first-order chi connectivity index (χ1) is 9.95. The van der Waals surface area contributed by atoms with Gasteiger partial charge < -0.3 is 15.8 Å². The van der Waals surface area contributed by atoms with Gasteiger partial charge >= 0.3 is 0 Å². The molecule has 1 amide bonds. The fourth-order valence-corrected chi connectivity index (χ4v) is 2.73. The third-order valence-corrected chi connectivity index (χ3v) is 3.65. The number of nitrogens with two attached hydrogens (primary N) is 1. The van der Waals surface area contributed by atoms with Crippen LogP contribution in [0.1, 0.15) is 0 Å². The first-order valence-corrected chi connectivity index (χ1v) is 7.47. The molecule has 0 saturated heterocycles. The lowest BCUT2D eigenvalue weighted by Crippen LogP contribution is -2.21. The lowest BCUT2D eigenvalue weighted by molar-refractivity contribution is -0.118. The van der Waals surface area contributed by atoms with Gasteiger partial charge in [0.25, 0.3) is 5.91 Å². The van der Waals surface area contributed by atoms with Gasteiger partial charge in [0.1, 0.15) is 11.6 Å². The molecule has 0 spiro atoms. The number of benzene rings is 2. The van der Waals surface area contributed by atoms with E-state index >= 15 is 0 Å². The van der Waals surface area contributed by atoms with Crippen molar-refractivity contribution < 1.29 is 13.9 Å². The highest BCUT2D eigenvalue weighted by atomic mass is 79.9. The van der Waals surface area contributed by atoms with E-state index in [0.717, 1.165) is 15.0 Å². The summed E-state index contributed by atoms with van der Waals surface area (Å²) in [6.07, 6.45) is 0. The normalized spacial score (nSPS) is 10.2. The lowest BCUT2D eigenvalue weighted by Gasteiger charge is -2.10. The van der Waals surface area contributed by atoms with E-state index in [1.54, 1.807) is 12.1 Å². The second kappa shape index (κ2) is 6.91. The molecule has 0 aliphatic rings. The molecule has 0 saturated carbocycles. The van der Waals surface area contributed by atoms with Crippen molar-refractivity contribution in [2.45, 2.75) is 0 Å². The van der Waals surface area contributed by atoms with Crippen LogP contribution in [0.15, 0.2) is 45.3 Å². The van der Waals surface area contributed by atoms with Gasteiger partial charge in [0.15, 0.2) is 6.61 Å². The lowest BCUT2D eigenvalue weighted by atomic mass is 10.2. The molecular formula is C14H11Br2FN2O2. The second-order valence-electron chi connectivity index (χ2n) is 4.14. The van der Waals surface area contributed by atoms with Gasteiger partial charge in [-0.05, 0) is 52.3 Å². The standard InChI is InChI=1S/C14H11Br2FN2O2/c15-8-1-4-13(10(16)5-8)21-7-14(20)19-12-3-2-9(17)6-11(12)18/h1-6H,7,18H2,(H,19,20). The van der Waals surface area contributed by atoms with Gasteiger partial charge in [0.05, 0.1) is 15.8 Å². The molecule has 21 heavy (non-hydrogen) atoms. The number of hydrogen-bond donors (Lipinski definition) is 2. The zero-order valence-electron chi connectivity index (χ0n) is 10.7. The fourth-order valence-electron chi connectivity index (χ4n) is 1.57. The van der Waals surface area contributed by atoms with Crippen LogP contribution in [0, 0.1) is 5.82 Å². The summed E-state index contributed by atoms with van der Waals surface area (Å²) in [5.74, 6) is -0.302. The smallest absolute Gasteiger partial charge is 0.262 e. The Hall–Kier alpha value is -1.60. The van der Waals surface area contributed by atoms with Crippen LogP contribution < -0.4 is 15.8 Å². The Kier molecular flexibility index (Phi) is 5.19. The average Bonchev–Trinajstić information content (AvgIpc) is 2.41. The van der Waals surface area contributed by atoms with Crippen LogP contribution in [0.5, 0.6) is 5.75 Å². The van der Waals surface area contributed by atoms with Crippen LogP contribution in [-0.4, -0.2) is 12.5 Å². The van der Waals surface area contributed by atoms with Gasteiger partial charge in [-0.1, -0.05) is 15.9 Å². The van der Waals surface area contributed by atoms with Crippen molar-refractivity contribution in [1.29, 1.82) is 0 Å². The number of hydrogen-bond acceptors (Lipinski definition) is 3. The largest absolute Gasteiger partial charge is 0.483 e. The third kappa shape index (κ3) is 4.44. The molecule has 2 aromatic carbocycles. The molecule has 0 atom stereocenters. The number of anilines is 2. The zero-order valence-corrected chi connectivity index (χ0v) is 13.9. The minimum Gasteiger partial charge on any atom is -0.483 e. The van der Waals surface area contributed by atoms with Crippen LogP contribution in [-0.2, 0) is 4.79 Å². The first kappa shape index (κ1) is 15.8. The van der Waals surface area contributed by atoms with E-state index in [2.05, 4.69) is 37.2 Å². The predicted octanol–water partition coefficient (Wildman–Crippen LogP) is 3.95. The molecular weight excluding hydrogens is 407 g/mol. The summed E-state index contributed by atoms with van der Waals surface area (Å²) < 4.78 is 19.9. The van der Waals surface area contributed by atoms with Crippen LogP contribution in [0.3, 0.4) is 0 Å². The van der Waals surface area contributed by atoms with Gasteiger partial charge in [-0.25, -0.2) is 4.39 Å². The minimum absolute atomic E-state index is 0.160. The van der Waals surface area contributed by atoms with Crippen molar-refractivity contribution in [3.63, 3.8) is 0 Å².